The van der Waals surface area contributed by atoms with E-state index in [1.807, 2.05) is 6.92 Å². The highest BCUT2D eigenvalue weighted by atomic mass is 32.2. The van der Waals surface area contributed by atoms with E-state index in [1.54, 1.807) is 0 Å². The fourth-order valence-electron chi connectivity index (χ4n) is 2.09. The number of nitrogens with zero attached hydrogens (tertiary/aromatic N) is 1. The van der Waals surface area contributed by atoms with E-state index in [4.69, 9.17) is 0 Å². The van der Waals surface area contributed by atoms with Gasteiger partial charge < -0.3 is 10.3 Å². The number of imidazole rings is 1. The highest BCUT2D eigenvalue weighted by molar-refractivity contribution is 7.89. The molecular weight excluding hydrogens is 240 g/mol. The third kappa shape index (κ3) is 3.05. The highest BCUT2D eigenvalue weighted by Gasteiger charge is 2.25. The van der Waals surface area contributed by atoms with Gasteiger partial charge >= 0.3 is 0 Å². The predicted octanol–water partition coefficient (Wildman–Crippen LogP) is 0.219. The molecule has 1 aliphatic heterocycles. The van der Waals surface area contributed by atoms with Gasteiger partial charge in [-0.05, 0) is 26.3 Å². The summed E-state index contributed by atoms with van der Waals surface area (Å²) in [7, 11) is -3.47. The van der Waals surface area contributed by atoms with Crippen molar-refractivity contribution in [1.29, 1.82) is 0 Å². The van der Waals surface area contributed by atoms with Gasteiger partial charge in [0.25, 0.3) is 10.0 Å². The summed E-state index contributed by atoms with van der Waals surface area (Å²) in [6.07, 6.45) is 5.98. The molecule has 0 amide bonds. The van der Waals surface area contributed by atoms with E-state index in [0.717, 1.165) is 25.8 Å². The monoisotopic (exact) mass is 258 g/mol. The smallest absolute Gasteiger partial charge is 0.257 e. The molecule has 0 bridgehead atoms. The zero-order valence-electron chi connectivity index (χ0n) is 9.81. The number of sulfonamides is 1. The predicted molar refractivity (Wildman–Crippen MR) is 64.0 cm³/mol. The maximum atomic E-state index is 11.9. The van der Waals surface area contributed by atoms with Gasteiger partial charge in [-0.15, -0.1) is 0 Å². The first-order valence-electron chi connectivity index (χ1n) is 5.84. The quantitative estimate of drug-likeness (QED) is 0.721. The van der Waals surface area contributed by atoms with Gasteiger partial charge in [-0.2, -0.15) is 0 Å². The van der Waals surface area contributed by atoms with Crippen molar-refractivity contribution in [3.63, 3.8) is 0 Å². The Bertz CT molecular complexity index is 437. The molecule has 1 fully saturated rings. The molecule has 0 saturated carbocycles. The Hall–Kier alpha value is -0.920. The minimum absolute atomic E-state index is 0.111. The molecule has 0 spiro atoms. The van der Waals surface area contributed by atoms with Gasteiger partial charge in [-0.3, -0.25) is 0 Å². The van der Waals surface area contributed by atoms with Crippen LogP contribution in [0.15, 0.2) is 17.6 Å². The zero-order chi connectivity index (χ0) is 12.3. The fraction of sp³-hybridized carbons (Fsp3) is 0.700. The summed E-state index contributed by atoms with van der Waals surface area (Å²) in [5, 5.41) is 3.45. The van der Waals surface area contributed by atoms with E-state index in [1.165, 1.54) is 12.5 Å². The van der Waals surface area contributed by atoms with Crippen LogP contribution in [0.3, 0.4) is 0 Å². The summed E-state index contributed by atoms with van der Waals surface area (Å²) in [5.41, 5.74) is 0. The van der Waals surface area contributed by atoms with E-state index in [-0.39, 0.29) is 17.1 Å². The van der Waals surface area contributed by atoms with Crippen molar-refractivity contribution in [1.82, 2.24) is 20.0 Å². The van der Waals surface area contributed by atoms with E-state index in [0.29, 0.717) is 0 Å². The van der Waals surface area contributed by atoms with Gasteiger partial charge in [0.15, 0.2) is 5.03 Å². The Morgan fingerprint density at radius 2 is 2.35 bits per heavy atom. The van der Waals surface area contributed by atoms with Gasteiger partial charge in [-0.25, -0.2) is 18.1 Å². The molecule has 7 heteroatoms. The molecule has 17 heavy (non-hydrogen) atoms. The van der Waals surface area contributed by atoms with E-state index < -0.39 is 10.0 Å². The highest BCUT2D eigenvalue weighted by Crippen LogP contribution is 2.12. The van der Waals surface area contributed by atoms with Crippen LogP contribution in [0.2, 0.25) is 0 Å². The molecule has 0 radical (unpaired) electrons. The van der Waals surface area contributed by atoms with Gasteiger partial charge in [0.1, 0.15) is 0 Å². The van der Waals surface area contributed by atoms with Gasteiger partial charge in [0.2, 0.25) is 0 Å². The van der Waals surface area contributed by atoms with E-state index >= 15 is 0 Å². The van der Waals surface area contributed by atoms with Crippen molar-refractivity contribution >= 4 is 10.0 Å². The third-order valence-electron chi connectivity index (χ3n) is 3.06. The average Bonchev–Trinajstić information content (AvgIpc) is 2.84. The molecule has 1 saturated heterocycles. The lowest BCUT2D eigenvalue weighted by Crippen LogP contribution is -2.50. The molecule has 0 aliphatic carbocycles. The first-order chi connectivity index (χ1) is 8.09. The molecule has 6 nitrogen and oxygen atoms in total. The van der Waals surface area contributed by atoms with Crippen LogP contribution in [0, 0.1) is 0 Å². The fourth-order valence-corrected chi connectivity index (χ4v) is 3.27. The maximum Gasteiger partial charge on any atom is 0.257 e. The van der Waals surface area contributed by atoms with Gasteiger partial charge in [-0.1, -0.05) is 6.42 Å². The Labute approximate surface area is 101 Å². The lowest BCUT2D eigenvalue weighted by Gasteiger charge is -2.29. The van der Waals surface area contributed by atoms with E-state index in [9.17, 15) is 8.42 Å². The van der Waals surface area contributed by atoms with Gasteiger partial charge in [0, 0.05) is 12.1 Å². The Balaban J connectivity index is 2.00. The molecule has 3 N–H and O–H groups in total. The zero-order valence-corrected chi connectivity index (χ0v) is 10.6. The number of hydrogen-bond donors (Lipinski definition) is 3. The summed E-state index contributed by atoms with van der Waals surface area (Å²) < 4.78 is 26.5. The topological polar surface area (TPSA) is 86.9 Å². The number of aromatic amines is 1. The first kappa shape index (κ1) is 12.5. The average molecular weight is 258 g/mol. The Morgan fingerprint density at radius 1 is 1.53 bits per heavy atom. The van der Waals surface area contributed by atoms with Crippen LogP contribution in [0.4, 0.5) is 0 Å². The van der Waals surface area contributed by atoms with Crippen LogP contribution in [0.5, 0.6) is 0 Å². The summed E-state index contributed by atoms with van der Waals surface area (Å²) in [4.78, 5) is 6.32. The number of piperidine rings is 1. The molecular formula is C10H18N4O2S. The van der Waals surface area contributed by atoms with Crippen LogP contribution in [-0.2, 0) is 10.0 Å². The van der Waals surface area contributed by atoms with Crippen molar-refractivity contribution in [3.8, 4) is 0 Å². The molecule has 0 aromatic carbocycles. The second-order valence-electron chi connectivity index (χ2n) is 4.38. The lowest BCUT2D eigenvalue weighted by molar-refractivity contribution is 0.347. The molecule has 96 valence electrons. The summed E-state index contributed by atoms with van der Waals surface area (Å²) >= 11 is 0. The summed E-state index contributed by atoms with van der Waals surface area (Å²) in [5.74, 6) is 0. The first-order valence-corrected chi connectivity index (χ1v) is 7.32. The third-order valence-corrected chi connectivity index (χ3v) is 4.54. The summed E-state index contributed by atoms with van der Waals surface area (Å²) in [6, 6.07) is 0.0880. The molecule has 1 aliphatic rings. The van der Waals surface area contributed by atoms with E-state index in [2.05, 4.69) is 20.0 Å². The van der Waals surface area contributed by atoms with Crippen LogP contribution < -0.4 is 10.0 Å². The second kappa shape index (κ2) is 5.16. The van der Waals surface area contributed by atoms with Crippen molar-refractivity contribution in [3.05, 3.63) is 12.5 Å². The SMILES string of the molecule is CC(NS(=O)(=O)c1cnc[nH]1)C1CCCCN1. The Kier molecular flexibility index (Phi) is 3.80. The lowest BCUT2D eigenvalue weighted by atomic mass is 10.00. The van der Waals surface area contributed by atoms with Crippen molar-refractivity contribution in [2.45, 2.75) is 43.3 Å². The van der Waals surface area contributed by atoms with Crippen LogP contribution in [0.1, 0.15) is 26.2 Å². The molecule has 2 atom stereocenters. The van der Waals surface area contributed by atoms with Crippen molar-refractivity contribution in [2.75, 3.05) is 6.54 Å². The van der Waals surface area contributed by atoms with Crippen molar-refractivity contribution < 1.29 is 8.42 Å². The normalized spacial score (nSPS) is 23.5. The number of nitrogens with one attached hydrogen (secondary N) is 3. The number of rotatable bonds is 4. The second-order valence-corrected chi connectivity index (χ2v) is 6.06. The largest absolute Gasteiger partial charge is 0.335 e. The number of H-pyrrole nitrogens is 1. The standard InChI is InChI=1S/C10H18N4O2S/c1-8(9-4-2-3-5-12-9)14-17(15,16)10-6-11-7-13-10/h6-9,12,14H,2-5H2,1H3,(H,11,13). The van der Waals surface area contributed by atoms with Gasteiger partial charge in [0.05, 0.1) is 12.5 Å². The molecule has 1 aromatic rings. The molecule has 2 rings (SSSR count). The minimum Gasteiger partial charge on any atom is -0.335 e. The maximum absolute atomic E-state index is 11.9. The van der Waals surface area contributed by atoms with Crippen LogP contribution in [0.25, 0.3) is 0 Å². The molecule has 2 unspecified atom stereocenters. The molecule has 2 heterocycles. The molecule has 1 aromatic heterocycles. The summed E-state index contributed by atoms with van der Waals surface area (Å²) in [6.45, 7) is 2.84. The van der Waals surface area contributed by atoms with Crippen LogP contribution in [-0.4, -0.2) is 37.0 Å². The van der Waals surface area contributed by atoms with Crippen LogP contribution >= 0.6 is 0 Å². The number of hydrogen-bond acceptors (Lipinski definition) is 4. The van der Waals surface area contributed by atoms with Crippen molar-refractivity contribution in [2.24, 2.45) is 0 Å². The number of aromatic nitrogens is 2. The Morgan fingerprint density at radius 3 is 2.94 bits per heavy atom. The minimum atomic E-state index is -3.47.